The Hall–Kier alpha value is -2.38. The summed E-state index contributed by atoms with van der Waals surface area (Å²) in [5, 5.41) is 2.92. The van der Waals surface area contributed by atoms with Crippen molar-refractivity contribution in [3.63, 3.8) is 0 Å². The Balaban J connectivity index is 1.64. The van der Waals surface area contributed by atoms with Crippen molar-refractivity contribution < 1.29 is 13.2 Å². The highest BCUT2D eigenvalue weighted by Crippen LogP contribution is 2.22. The number of hydrogen-bond acceptors (Lipinski definition) is 4. The van der Waals surface area contributed by atoms with Gasteiger partial charge in [-0.2, -0.15) is 0 Å². The minimum Gasteiger partial charge on any atom is -0.351 e. The van der Waals surface area contributed by atoms with E-state index in [0.717, 1.165) is 19.6 Å². The van der Waals surface area contributed by atoms with E-state index in [2.05, 4.69) is 10.2 Å². The van der Waals surface area contributed by atoms with Crippen molar-refractivity contribution in [3.8, 4) is 0 Å². The summed E-state index contributed by atoms with van der Waals surface area (Å²) in [6, 6.07) is 15.1. The predicted molar refractivity (Wildman–Crippen MR) is 116 cm³/mol. The first kappa shape index (κ1) is 21.3. The lowest BCUT2D eigenvalue weighted by Gasteiger charge is -2.20. The second kappa shape index (κ2) is 9.89. The van der Waals surface area contributed by atoms with Crippen molar-refractivity contribution in [1.29, 1.82) is 0 Å². The molecule has 7 heteroatoms. The number of carbonyl (C=O) groups excluding carboxylic acids is 1. The number of hydrogen-bond donors (Lipinski definition) is 1. The lowest BCUT2D eigenvalue weighted by molar-refractivity contribution is 0.0948. The monoisotopic (exact) mass is 415 g/mol. The van der Waals surface area contributed by atoms with Crippen LogP contribution in [0.5, 0.6) is 0 Å². The Morgan fingerprint density at radius 3 is 2.38 bits per heavy atom. The molecule has 1 fully saturated rings. The van der Waals surface area contributed by atoms with Crippen LogP contribution in [0.1, 0.15) is 36.0 Å². The molecule has 1 N–H and O–H groups in total. The molecule has 156 valence electrons. The van der Waals surface area contributed by atoms with Gasteiger partial charge in [0, 0.05) is 25.7 Å². The maximum absolute atomic E-state index is 12.9. The van der Waals surface area contributed by atoms with Crippen LogP contribution < -0.4 is 9.62 Å². The van der Waals surface area contributed by atoms with Crippen molar-refractivity contribution in [1.82, 2.24) is 10.2 Å². The van der Waals surface area contributed by atoms with Gasteiger partial charge in [0.25, 0.3) is 15.9 Å². The first-order chi connectivity index (χ1) is 14.0. The highest BCUT2D eigenvalue weighted by Gasteiger charge is 2.22. The van der Waals surface area contributed by atoms with Gasteiger partial charge < -0.3 is 10.2 Å². The maximum atomic E-state index is 12.9. The van der Waals surface area contributed by atoms with Crippen molar-refractivity contribution in [2.75, 3.05) is 37.5 Å². The molecule has 0 radical (unpaired) electrons. The molecular formula is C22H29N3O3S. The number of likely N-dealkylation sites (tertiary alicyclic amines) is 1. The Labute approximate surface area is 173 Å². The molecule has 0 unspecified atom stereocenters. The largest absolute Gasteiger partial charge is 0.351 e. The topological polar surface area (TPSA) is 69.7 Å². The third kappa shape index (κ3) is 5.58. The smallest absolute Gasteiger partial charge is 0.264 e. The van der Waals surface area contributed by atoms with Gasteiger partial charge in [-0.25, -0.2) is 8.42 Å². The molecule has 0 spiro atoms. The predicted octanol–water partition coefficient (Wildman–Crippen LogP) is 3.12. The van der Waals surface area contributed by atoms with E-state index < -0.39 is 10.0 Å². The second-order valence-corrected chi connectivity index (χ2v) is 9.32. The van der Waals surface area contributed by atoms with E-state index in [9.17, 15) is 13.2 Å². The normalized spacial score (nSPS) is 15.5. The molecule has 0 aromatic heterocycles. The zero-order valence-corrected chi connectivity index (χ0v) is 17.7. The van der Waals surface area contributed by atoms with E-state index in [1.807, 2.05) is 6.07 Å². The first-order valence-electron chi connectivity index (χ1n) is 10.1. The number of carbonyl (C=O) groups is 1. The number of amides is 1. The quantitative estimate of drug-likeness (QED) is 0.754. The molecule has 1 aliphatic heterocycles. The zero-order chi connectivity index (χ0) is 20.7. The molecule has 0 bridgehead atoms. The molecule has 2 aromatic rings. The van der Waals surface area contributed by atoms with Crippen molar-refractivity contribution >= 4 is 21.6 Å². The molecule has 1 aliphatic rings. The molecule has 0 aliphatic carbocycles. The summed E-state index contributed by atoms with van der Waals surface area (Å²) >= 11 is 0. The minimum absolute atomic E-state index is 0.101. The molecule has 1 amide bonds. The second-order valence-electron chi connectivity index (χ2n) is 7.35. The van der Waals surface area contributed by atoms with Crippen molar-refractivity contribution in [2.45, 2.75) is 30.6 Å². The SMILES string of the molecule is CN(c1ccccc1)S(=O)(=O)c1cccc(C(=O)NCCN2CCCCCC2)c1. The first-order valence-corrected chi connectivity index (χ1v) is 11.6. The Kier molecular flexibility index (Phi) is 7.28. The lowest BCUT2D eigenvalue weighted by atomic mass is 10.2. The molecule has 29 heavy (non-hydrogen) atoms. The van der Waals surface area contributed by atoms with Gasteiger partial charge in [0.05, 0.1) is 10.6 Å². The lowest BCUT2D eigenvalue weighted by Crippen LogP contribution is -2.35. The van der Waals surface area contributed by atoms with Crippen molar-refractivity contribution in [3.05, 3.63) is 60.2 Å². The van der Waals surface area contributed by atoms with Crippen LogP contribution in [0.2, 0.25) is 0 Å². The van der Waals surface area contributed by atoms with Crippen LogP contribution in [0, 0.1) is 0 Å². The number of benzene rings is 2. The zero-order valence-electron chi connectivity index (χ0n) is 16.9. The van der Waals surface area contributed by atoms with Gasteiger partial charge in [-0.05, 0) is 56.3 Å². The standard InChI is InChI=1S/C22H29N3O3S/c1-24(20-11-5-4-6-12-20)29(27,28)21-13-9-10-19(18-21)22(26)23-14-17-25-15-7-2-3-8-16-25/h4-6,9-13,18H,2-3,7-8,14-17H2,1H3,(H,23,26). The van der Waals surface area contributed by atoms with Crippen LogP contribution in [0.3, 0.4) is 0 Å². The fourth-order valence-electron chi connectivity index (χ4n) is 3.52. The van der Waals surface area contributed by atoms with Crippen LogP contribution in [0.4, 0.5) is 5.69 Å². The van der Waals surface area contributed by atoms with Crippen LogP contribution in [0.15, 0.2) is 59.5 Å². The number of nitrogens with one attached hydrogen (secondary N) is 1. The van der Waals surface area contributed by atoms with Gasteiger partial charge in [0.2, 0.25) is 0 Å². The summed E-state index contributed by atoms with van der Waals surface area (Å²) in [7, 11) is -2.23. The van der Waals surface area contributed by atoms with Crippen molar-refractivity contribution in [2.24, 2.45) is 0 Å². The molecule has 1 saturated heterocycles. The average molecular weight is 416 g/mol. The van der Waals surface area contributed by atoms with Gasteiger partial charge in [-0.3, -0.25) is 9.10 Å². The highest BCUT2D eigenvalue weighted by molar-refractivity contribution is 7.92. The van der Waals surface area contributed by atoms with E-state index in [-0.39, 0.29) is 10.8 Å². The van der Waals surface area contributed by atoms with E-state index in [1.165, 1.54) is 49.2 Å². The van der Waals surface area contributed by atoms with E-state index in [1.54, 1.807) is 36.4 Å². The summed E-state index contributed by atoms with van der Waals surface area (Å²) in [5.74, 6) is -0.251. The molecular weight excluding hydrogens is 386 g/mol. The number of nitrogens with zero attached hydrogens (tertiary/aromatic N) is 2. The van der Waals surface area contributed by atoms with Gasteiger partial charge >= 0.3 is 0 Å². The fraction of sp³-hybridized carbons (Fsp3) is 0.409. The number of sulfonamides is 1. The number of para-hydroxylation sites is 1. The number of anilines is 1. The van der Waals surface area contributed by atoms with Crippen LogP contribution >= 0.6 is 0 Å². The Bertz CT molecular complexity index is 908. The minimum atomic E-state index is -3.74. The van der Waals surface area contributed by atoms with E-state index in [0.29, 0.717) is 17.8 Å². The summed E-state index contributed by atoms with van der Waals surface area (Å²) in [4.78, 5) is 15.0. The third-order valence-corrected chi connectivity index (χ3v) is 7.07. The van der Waals surface area contributed by atoms with E-state index >= 15 is 0 Å². The van der Waals surface area contributed by atoms with Gasteiger partial charge in [0.1, 0.15) is 0 Å². The maximum Gasteiger partial charge on any atom is 0.264 e. The average Bonchev–Trinajstić information content (AvgIpc) is 3.02. The van der Waals surface area contributed by atoms with Crippen LogP contribution in [-0.4, -0.2) is 52.5 Å². The van der Waals surface area contributed by atoms with Crippen LogP contribution in [0.25, 0.3) is 0 Å². The molecule has 0 atom stereocenters. The number of rotatable bonds is 7. The highest BCUT2D eigenvalue weighted by atomic mass is 32.2. The van der Waals surface area contributed by atoms with Gasteiger partial charge in [-0.1, -0.05) is 37.1 Å². The summed E-state index contributed by atoms with van der Waals surface area (Å²) in [6.45, 7) is 3.53. The van der Waals surface area contributed by atoms with E-state index in [4.69, 9.17) is 0 Å². The molecule has 2 aromatic carbocycles. The summed E-state index contributed by atoms with van der Waals surface area (Å²) in [6.07, 6.45) is 4.98. The van der Waals surface area contributed by atoms with Gasteiger partial charge in [0.15, 0.2) is 0 Å². The fourth-order valence-corrected chi connectivity index (χ4v) is 4.76. The van der Waals surface area contributed by atoms with Gasteiger partial charge in [-0.15, -0.1) is 0 Å². The van der Waals surface area contributed by atoms with Crippen LogP contribution in [-0.2, 0) is 10.0 Å². The summed E-state index contributed by atoms with van der Waals surface area (Å²) in [5.41, 5.74) is 0.920. The summed E-state index contributed by atoms with van der Waals surface area (Å²) < 4.78 is 27.1. The molecule has 6 nitrogen and oxygen atoms in total. The third-order valence-electron chi connectivity index (χ3n) is 5.29. The molecule has 3 rings (SSSR count). The Morgan fingerprint density at radius 2 is 1.69 bits per heavy atom. The molecule has 1 heterocycles. The Morgan fingerprint density at radius 1 is 1.00 bits per heavy atom. The molecule has 0 saturated carbocycles.